The lowest BCUT2D eigenvalue weighted by Gasteiger charge is -2.20. The highest BCUT2D eigenvalue weighted by Gasteiger charge is 2.22. The average Bonchev–Trinajstić information content (AvgIpc) is 2.00. The van der Waals surface area contributed by atoms with Gasteiger partial charge in [-0.05, 0) is 17.0 Å². The topological polar surface area (TPSA) is 43.1 Å². The van der Waals surface area contributed by atoms with E-state index in [2.05, 4.69) is 0 Å². The molecule has 0 radical (unpaired) electrons. The molecular weight excluding hydrogens is 200 g/mol. The van der Waals surface area contributed by atoms with Gasteiger partial charge in [0.1, 0.15) is 11.6 Å². The van der Waals surface area contributed by atoms with Crippen molar-refractivity contribution in [2.24, 2.45) is 5.73 Å². The summed E-state index contributed by atoms with van der Waals surface area (Å²) >= 11 is 0. The number of carbonyl (C=O) groups excluding carboxylic acids is 1. The number of hydrogen-bond acceptors (Lipinski definition) is 1. The van der Waals surface area contributed by atoms with Crippen LogP contribution < -0.4 is 5.73 Å². The monoisotopic (exact) mass is 213 g/mol. The third kappa shape index (κ3) is 2.32. The zero-order valence-corrected chi connectivity index (χ0v) is 8.90. The Balaban J connectivity index is 3.43. The first-order chi connectivity index (χ1) is 6.73. The highest BCUT2D eigenvalue weighted by atomic mass is 19.1. The number of halogens is 2. The number of benzene rings is 1. The first-order valence-electron chi connectivity index (χ1n) is 4.53. The van der Waals surface area contributed by atoms with Crippen molar-refractivity contribution in [1.29, 1.82) is 0 Å². The van der Waals surface area contributed by atoms with Gasteiger partial charge in [0.15, 0.2) is 0 Å². The summed E-state index contributed by atoms with van der Waals surface area (Å²) in [6.07, 6.45) is 0. The Morgan fingerprint density at radius 1 is 1.20 bits per heavy atom. The minimum absolute atomic E-state index is 0.276. The molecule has 0 saturated heterocycles. The van der Waals surface area contributed by atoms with Crippen LogP contribution in [0.15, 0.2) is 12.1 Å². The Morgan fingerprint density at radius 3 is 2.13 bits per heavy atom. The number of amides is 1. The van der Waals surface area contributed by atoms with Crippen LogP contribution in [0.5, 0.6) is 0 Å². The molecule has 4 heteroatoms. The number of nitrogens with two attached hydrogens (primary N) is 1. The minimum Gasteiger partial charge on any atom is -0.366 e. The van der Waals surface area contributed by atoms with Crippen molar-refractivity contribution in [2.75, 3.05) is 0 Å². The molecule has 1 rings (SSSR count). The molecule has 1 aromatic rings. The van der Waals surface area contributed by atoms with E-state index in [0.717, 1.165) is 0 Å². The lowest BCUT2D eigenvalue weighted by molar-refractivity contribution is 0.0996. The largest absolute Gasteiger partial charge is 0.366 e. The fourth-order valence-corrected chi connectivity index (χ4v) is 1.31. The summed E-state index contributed by atoms with van der Waals surface area (Å²) < 4.78 is 26.5. The van der Waals surface area contributed by atoms with Crippen molar-refractivity contribution in [1.82, 2.24) is 0 Å². The van der Waals surface area contributed by atoms with Gasteiger partial charge in [-0.15, -0.1) is 0 Å². The maximum Gasteiger partial charge on any atom is 0.251 e. The van der Waals surface area contributed by atoms with Crippen LogP contribution in [-0.4, -0.2) is 5.91 Å². The van der Waals surface area contributed by atoms with E-state index in [1.807, 2.05) is 0 Å². The molecule has 0 bridgehead atoms. The van der Waals surface area contributed by atoms with E-state index in [-0.39, 0.29) is 11.1 Å². The van der Waals surface area contributed by atoms with Crippen LogP contribution in [0.1, 0.15) is 36.7 Å². The van der Waals surface area contributed by atoms with Gasteiger partial charge in [-0.3, -0.25) is 4.79 Å². The second kappa shape index (κ2) is 3.61. The van der Waals surface area contributed by atoms with Gasteiger partial charge in [-0.2, -0.15) is 0 Å². The van der Waals surface area contributed by atoms with Crippen LogP contribution in [0.2, 0.25) is 0 Å². The molecule has 1 aromatic carbocycles. The van der Waals surface area contributed by atoms with E-state index in [9.17, 15) is 13.6 Å². The van der Waals surface area contributed by atoms with Crippen LogP contribution in [-0.2, 0) is 5.41 Å². The standard InChI is InChI=1S/C11H13F2NO/c1-11(2,3)7-4-6(10(14)15)8(12)5-9(7)13/h4-5H,1-3H3,(H2,14,15). The predicted octanol–water partition coefficient (Wildman–Crippen LogP) is 2.36. The van der Waals surface area contributed by atoms with Crippen LogP contribution >= 0.6 is 0 Å². The van der Waals surface area contributed by atoms with Gasteiger partial charge >= 0.3 is 0 Å². The summed E-state index contributed by atoms with van der Waals surface area (Å²) in [6, 6.07) is 1.87. The van der Waals surface area contributed by atoms with Gasteiger partial charge < -0.3 is 5.73 Å². The van der Waals surface area contributed by atoms with Crippen LogP contribution in [0.4, 0.5) is 8.78 Å². The van der Waals surface area contributed by atoms with Gasteiger partial charge in [0.2, 0.25) is 0 Å². The summed E-state index contributed by atoms with van der Waals surface area (Å²) in [6.45, 7) is 5.32. The Labute approximate surface area is 87.1 Å². The third-order valence-electron chi connectivity index (χ3n) is 2.13. The molecule has 15 heavy (non-hydrogen) atoms. The zero-order chi connectivity index (χ0) is 11.8. The van der Waals surface area contributed by atoms with E-state index in [1.165, 1.54) is 6.07 Å². The molecular formula is C11H13F2NO. The number of rotatable bonds is 1. The van der Waals surface area contributed by atoms with Crippen molar-refractivity contribution in [3.05, 3.63) is 34.9 Å². The predicted molar refractivity (Wildman–Crippen MR) is 53.6 cm³/mol. The molecule has 0 aliphatic rings. The summed E-state index contributed by atoms with van der Waals surface area (Å²) in [5.41, 5.74) is 4.48. The molecule has 0 aromatic heterocycles. The second-order valence-corrected chi connectivity index (χ2v) is 4.43. The molecule has 0 aliphatic carbocycles. The molecule has 0 heterocycles. The highest BCUT2D eigenvalue weighted by molar-refractivity contribution is 5.93. The van der Waals surface area contributed by atoms with Gasteiger partial charge in [-0.25, -0.2) is 8.78 Å². The third-order valence-corrected chi connectivity index (χ3v) is 2.13. The number of carbonyl (C=O) groups is 1. The first kappa shape index (κ1) is 11.6. The SMILES string of the molecule is CC(C)(C)c1cc(C(N)=O)c(F)cc1F. The zero-order valence-electron chi connectivity index (χ0n) is 8.90. The smallest absolute Gasteiger partial charge is 0.251 e. The molecule has 0 fully saturated rings. The van der Waals surface area contributed by atoms with Gasteiger partial charge in [0.25, 0.3) is 5.91 Å². The number of primary amides is 1. The van der Waals surface area contributed by atoms with E-state index in [0.29, 0.717) is 6.07 Å². The van der Waals surface area contributed by atoms with Crippen LogP contribution in [0.25, 0.3) is 0 Å². The average molecular weight is 213 g/mol. The highest BCUT2D eigenvalue weighted by Crippen LogP contribution is 2.27. The van der Waals surface area contributed by atoms with E-state index in [4.69, 9.17) is 5.73 Å². The molecule has 0 spiro atoms. The maximum absolute atomic E-state index is 13.4. The van der Waals surface area contributed by atoms with E-state index < -0.39 is 23.0 Å². The second-order valence-electron chi connectivity index (χ2n) is 4.43. The van der Waals surface area contributed by atoms with Crippen LogP contribution in [0, 0.1) is 11.6 Å². The Morgan fingerprint density at radius 2 is 1.73 bits per heavy atom. The Hall–Kier alpha value is -1.45. The molecule has 0 atom stereocenters. The van der Waals surface area contributed by atoms with Crippen molar-refractivity contribution in [2.45, 2.75) is 26.2 Å². The van der Waals surface area contributed by atoms with E-state index in [1.54, 1.807) is 20.8 Å². The quantitative estimate of drug-likeness (QED) is 0.764. The van der Waals surface area contributed by atoms with Gasteiger partial charge in [0, 0.05) is 6.07 Å². The van der Waals surface area contributed by atoms with E-state index >= 15 is 0 Å². The molecule has 2 N–H and O–H groups in total. The molecule has 1 amide bonds. The number of hydrogen-bond donors (Lipinski definition) is 1. The van der Waals surface area contributed by atoms with Crippen molar-refractivity contribution in [3.63, 3.8) is 0 Å². The molecule has 0 saturated carbocycles. The normalized spacial score (nSPS) is 11.5. The molecule has 0 aliphatic heterocycles. The van der Waals surface area contributed by atoms with Crippen molar-refractivity contribution >= 4 is 5.91 Å². The summed E-state index contributed by atoms with van der Waals surface area (Å²) in [4.78, 5) is 10.9. The summed E-state index contributed by atoms with van der Waals surface area (Å²) in [5, 5.41) is 0. The molecule has 82 valence electrons. The minimum atomic E-state index is -0.923. The van der Waals surface area contributed by atoms with Gasteiger partial charge in [-0.1, -0.05) is 20.8 Å². The first-order valence-corrected chi connectivity index (χ1v) is 4.53. The summed E-state index contributed by atoms with van der Waals surface area (Å²) in [5.74, 6) is -2.48. The summed E-state index contributed by atoms with van der Waals surface area (Å²) in [7, 11) is 0. The van der Waals surface area contributed by atoms with Crippen molar-refractivity contribution in [3.8, 4) is 0 Å². The van der Waals surface area contributed by atoms with Crippen molar-refractivity contribution < 1.29 is 13.6 Å². The molecule has 0 unspecified atom stereocenters. The molecule has 2 nitrogen and oxygen atoms in total. The van der Waals surface area contributed by atoms with Gasteiger partial charge in [0.05, 0.1) is 5.56 Å². The fraction of sp³-hybridized carbons (Fsp3) is 0.364. The Kier molecular flexibility index (Phi) is 2.79. The fourth-order valence-electron chi connectivity index (χ4n) is 1.31. The lowest BCUT2D eigenvalue weighted by atomic mass is 9.85. The lowest BCUT2D eigenvalue weighted by Crippen LogP contribution is -2.19. The Bertz CT molecular complexity index is 408. The van der Waals surface area contributed by atoms with Crippen LogP contribution in [0.3, 0.4) is 0 Å². The maximum atomic E-state index is 13.4.